The molecule has 0 bridgehead atoms. The Morgan fingerprint density at radius 2 is 2.12 bits per heavy atom. The van der Waals surface area contributed by atoms with Crippen LogP contribution in [0.2, 0.25) is 0 Å². The molecule has 0 fully saturated rings. The lowest BCUT2D eigenvalue weighted by Gasteiger charge is -2.09. The summed E-state index contributed by atoms with van der Waals surface area (Å²) in [6.07, 6.45) is 3.54. The maximum atomic E-state index is 5.62. The summed E-state index contributed by atoms with van der Waals surface area (Å²) < 4.78 is 5.62. The maximum absolute atomic E-state index is 5.62. The van der Waals surface area contributed by atoms with Gasteiger partial charge in [-0.1, -0.05) is 39.7 Å². The predicted molar refractivity (Wildman–Crippen MR) is 71.2 cm³/mol. The molecule has 0 aliphatic rings. The maximum Gasteiger partial charge on any atom is 0.213 e. The zero-order valence-corrected chi connectivity index (χ0v) is 11.2. The molecule has 3 nitrogen and oxygen atoms in total. The second-order valence-electron chi connectivity index (χ2n) is 4.56. The Balaban J connectivity index is 2.37. The molecule has 1 rings (SSSR count). The number of hydrogen-bond acceptors (Lipinski definition) is 3. The lowest BCUT2D eigenvalue weighted by Crippen LogP contribution is -2.22. The summed E-state index contributed by atoms with van der Waals surface area (Å²) in [5, 5.41) is 3.35. The Morgan fingerprint density at radius 3 is 2.82 bits per heavy atom. The minimum Gasteiger partial charge on any atom is -0.478 e. The molecule has 0 spiro atoms. The molecule has 0 saturated heterocycles. The minimum atomic E-state index is 0.478. The monoisotopic (exact) mass is 236 g/mol. The number of pyridine rings is 1. The second-order valence-corrected chi connectivity index (χ2v) is 4.56. The van der Waals surface area contributed by atoms with Crippen molar-refractivity contribution in [1.82, 2.24) is 10.3 Å². The number of nitrogens with one attached hydrogen (secondary N) is 1. The summed E-state index contributed by atoms with van der Waals surface area (Å²) in [5.41, 5.74) is 1.03. The first kappa shape index (κ1) is 14.0. The number of hydrogen-bond donors (Lipinski definition) is 1. The van der Waals surface area contributed by atoms with Crippen LogP contribution in [-0.2, 0) is 6.54 Å². The van der Waals surface area contributed by atoms with Gasteiger partial charge in [0, 0.05) is 18.7 Å². The lowest BCUT2D eigenvalue weighted by molar-refractivity contribution is 0.294. The highest BCUT2D eigenvalue weighted by atomic mass is 16.5. The second kappa shape index (κ2) is 8.07. The van der Waals surface area contributed by atoms with Crippen LogP contribution in [-0.4, -0.2) is 17.6 Å². The Morgan fingerprint density at radius 1 is 1.29 bits per heavy atom. The van der Waals surface area contributed by atoms with Crippen LogP contribution >= 0.6 is 0 Å². The van der Waals surface area contributed by atoms with Gasteiger partial charge in [0.1, 0.15) is 0 Å². The van der Waals surface area contributed by atoms with E-state index in [0.29, 0.717) is 6.04 Å². The molecule has 0 unspecified atom stereocenters. The van der Waals surface area contributed by atoms with Crippen molar-refractivity contribution in [1.29, 1.82) is 0 Å². The number of unbranched alkanes of at least 4 members (excludes halogenated alkanes) is 2. The molecule has 0 radical (unpaired) electrons. The molecular formula is C14H24N2O. The van der Waals surface area contributed by atoms with E-state index in [2.05, 4.69) is 31.1 Å². The highest BCUT2D eigenvalue weighted by Crippen LogP contribution is 2.08. The first-order valence-electron chi connectivity index (χ1n) is 6.54. The van der Waals surface area contributed by atoms with Gasteiger partial charge in [0.2, 0.25) is 5.88 Å². The SMILES string of the molecule is CCCCCOc1cccc(CNC(C)C)n1. The van der Waals surface area contributed by atoms with Gasteiger partial charge in [0.05, 0.1) is 12.3 Å². The molecule has 0 aliphatic carbocycles. The summed E-state index contributed by atoms with van der Waals surface area (Å²) in [6, 6.07) is 6.42. The van der Waals surface area contributed by atoms with Crippen molar-refractivity contribution in [2.24, 2.45) is 0 Å². The molecule has 1 N–H and O–H groups in total. The first-order chi connectivity index (χ1) is 8.22. The van der Waals surface area contributed by atoms with Crippen molar-refractivity contribution in [3.63, 3.8) is 0 Å². The Hall–Kier alpha value is -1.09. The van der Waals surface area contributed by atoms with Crippen LogP contribution in [0.3, 0.4) is 0 Å². The lowest BCUT2D eigenvalue weighted by atomic mass is 10.3. The van der Waals surface area contributed by atoms with Crippen LogP contribution in [0.5, 0.6) is 5.88 Å². The molecule has 96 valence electrons. The van der Waals surface area contributed by atoms with Crippen molar-refractivity contribution in [2.75, 3.05) is 6.61 Å². The van der Waals surface area contributed by atoms with Crippen LogP contribution in [0, 0.1) is 0 Å². The zero-order chi connectivity index (χ0) is 12.5. The molecule has 0 atom stereocenters. The van der Waals surface area contributed by atoms with Gasteiger partial charge in [-0.15, -0.1) is 0 Å². The quantitative estimate of drug-likeness (QED) is 0.704. The minimum absolute atomic E-state index is 0.478. The molecule has 0 saturated carbocycles. The molecule has 1 aromatic heterocycles. The smallest absolute Gasteiger partial charge is 0.213 e. The fourth-order valence-corrected chi connectivity index (χ4v) is 1.47. The van der Waals surface area contributed by atoms with Crippen LogP contribution in [0.25, 0.3) is 0 Å². The third-order valence-electron chi connectivity index (χ3n) is 2.47. The highest BCUT2D eigenvalue weighted by Gasteiger charge is 1.99. The molecule has 0 amide bonds. The van der Waals surface area contributed by atoms with Crippen molar-refractivity contribution < 1.29 is 4.74 Å². The summed E-state index contributed by atoms with van der Waals surface area (Å²) in [5.74, 6) is 0.740. The van der Waals surface area contributed by atoms with E-state index in [0.717, 1.165) is 31.1 Å². The van der Waals surface area contributed by atoms with Gasteiger partial charge in [-0.3, -0.25) is 0 Å². The standard InChI is InChI=1S/C14H24N2O/c1-4-5-6-10-17-14-9-7-8-13(16-14)11-15-12(2)3/h7-9,12,15H,4-6,10-11H2,1-3H3. The normalized spacial score (nSPS) is 10.8. The fraction of sp³-hybridized carbons (Fsp3) is 0.643. The van der Waals surface area contributed by atoms with E-state index < -0.39 is 0 Å². The largest absolute Gasteiger partial charge is 0.478 e. The molecule has 1 aromatic rings. The van der Waals surface area contributed by atoms with Gasteiger partial charge in [0.15, 0.2) is 0 Å². The van der Waals surface area contributed by atoms with Crippen molar-refractivity contribution in [3.8, 4) is 5.88 Å². The molecule has 0 aromatic carbocycles. The van der Waals surface area contributed by atoms with E-state index in [1.165, 1.54) is 12.8 Å². The summed E-state index contributed by atoms with van der Waals surface area (Å²) in [4.78, 5) is 4.46. The van der Waals surface area contributed by atoms with E-state index in [1.54, 1.807) is 0 Å². The molecule has 1 heterocycles. The van der Waals surface area contributed by atoms with Crippen LogP contribution in [0.1, 0.15) is 45.7 Å². The van der Waals surface area contributed by atoms with E-state index in [1.807, 2.05) is 18.2 Å². The number of nitrogens with zero attached hydrogens (tertiary/aromatic N) is 1. The van der Waals surface area contributed by atoms with Crippen LogP contribution < -0.4 is 10.1 Å². The van der Waals surface area contributed by atoms with Crippen LogP contribution in [0.4, 0.5) is 0 Å². The highest BCUT2D eigenvalue weighted by molar-refractivity contribution is 5.15. The molecule has 3 heteroatoms. The zero-order valence-electron chi connectivity index (χ0n) is 11.2. The average Bonchev–Trinajstić information content (AvgIpc) is 2.33. The van der Waals surface area contributed by atoms with Crippen LogP contribution in [0.15, 0.2) is 18.2 Å². The van der Waals surface area contributed by atoms with Gasteiger partial charge < -0.3 is 10.1 Å². The fourth-order valence-electron chi connectivity index (χ4n) is 1.47. The van der Waals surface area contributed by atoms with E-state index in [9.17, 15) is 0 Å². The average molecular weight is 236 g/mol. The first-order valence-corrected chi connectivity index (χ1v) is 6.54. The van der Waals surface area contributed by atoms with Crippen molar-refractivity contribution in [2.45, 2.75) is 52.6 Å². The number of rotatable bonds is 8. The summed E-state index contributed by atoms with van der Waals surface area (Å²) >= 11 is 0. The Kier molecular flexibility index (Phi) is 6.63. The van der Waals surface area contributed by atoms with Gasteiger partial charge >= 0.3 is 0 Å². The van der Waals surface area contributed by atoms with E-state index in [-0.39, 0.29) is 0 Å². The topological polar surface area (TPSA) is 34.1 Å². The molecular weight excluding hydrogens is 212 g/mol. The van der Waals surface area contributed by atoms with Crippen molar-refractivity contribution in [3.05, 3.63) is 23.9 Å². The number of ether oxygens (including phenoxy) is 1. The van der Waals surface area contributed by atoms with E-state index in [4.69, 9.17) is 4.74 Å². The van der Waals surface area contributed by atoms with Gasteiger partial charge in [-0.25, -0.2) is 4.98 Å². The molecule has 0 aliphatic heterocycles. The third-order valence-corrected chi connectivity index (χ3v) is 2.47. The van der Waals surface area contributed by atoms with Gasteiger partial charge in [-0.2, -0.15) is 0 Å². The molecule has 17 heavy (non-hydrogen) atoms. The van der Waals surface area contributed by atoms with Crippen molar-refractivity contribution >= 4 is 0 Å². The summed E-state index contributed by atoms with van der Waals surface area (Å²) in [7, 11) is 0. The van der Waals surface area contributed by atoms with Gasteiger partial charge in [0.25, 0.3) is 0 Å². The van der Waals surface area contributed by atoms with E-state index >= 15 is 0 Å². The third kappa shape index (κ3) is 6.27. The predicted octanol–water partition coefficient (Wildman–Crippen LogP) is 3.15. The Bertz CT molecular complexity index is 313. The Labute approximate surface area is 105 Å². The van der Waals surface area contributed by atoms with Gasteiger partial charge in [-0.05, 0) is 12.5 Å². The summed E-state index contributed by atoms with van der Waals surface area (Å²) in [6.45, 7) is 8.01. The number of aromatic nitrogens is 1.